The Hall–Kier alpha value is -2.77. The molecular formula is C30H36F2N2O6S2. The Labute approximate surface area is 249 Å². The summed E-state index contributed by atoms with van der Waals surface area (Å²) in [6.07, 6.45) is -2.91. The van der Waals surface area contributed by atoms with E-state index >= 15 is 0 Å². The molecule has 3 aromatic rings. The van der Waals surface area contributed by atoms with Crippen LogP contribution in [-0.2, 0) is 21.4 Å². The number of aliphatic hydroxyl groups excluding tert-OH is 2. The summed E-state index contributed by atoms with van der Waals surface area (Å²) in [5, 5.41) is 29.7. The molecule has 2 aromatic carbocycles. The number of halogens is 2. The molecule has 1 aliphatic heterocycles. The van der Waals surface area contributed by atoms with Gasteiger partial charge in [0.05, 0.1) is 24.3 Å². The first-order valence-corrected chi connectivity index (χ1v) is 16.4. The lowest BCUT2D eigenvalue weighted by Crippen LogP contribution is -2.38. The van der Waals surface area contributed by atoms with Crippen molar-refractivity contribution in [1.82, 2.24) is 8.87 Å². The van der Waals surface area contributed by atoms with Crippen LogP contribution in [0.4, 0.5) is 8.78 Å². The van der Waals surface area contributed by atoms with E-state index < -0.39 is 46.3 Å². The van der Waals surface area contributed by atoms with Crippen molar-refractivity contribution in [2.45, 2.75) is 62.7 Å². The monoisotopic (exact) mass is 622 g/mol. The maximum atomic E-state index is 14.4. The molecule has 0 saturated carbocycles. The number of thioether (sulfide) groups is 1. The fraction of sp³-hybridized carbons (Fsp3) is 0.433. The highest BCUT2D eigenvalue weighted by Gasteiger charge is 2.37. The van der Waals surface area contributed by atoms with Gasteiger partial charge in [-0.2, -0.15) is 16.1 Å². The van der Waals surface area contributed by atoms with Crippen molar-refractivity contribution in [3.8, 4) is 22.4 Å². The third-order valence-corrected chi connectivity index (χ3v) is 10.2. The summed E-state index contributed by atoms with van der Waals surface area (Å²) in [6.45, 7) is 4.54. The molecular weight excluding hydrogens is 586 g/mol. The Morgan fingerprint density at radius 3 is 2.00 bits per heavy atom. The van der Waals surface area contributed by atoms with Gasteiger partial charge < -0.3 is 19.9 Å². The SMILES string of the molecule is CC(C)c1c(S(=O)(=O)N2CCSCC2)c(-c2ccc(F)cc2)c(-c2ccc(F)cc2)n1CCC(O)CC(O)CC(=O)O. The molecule has 8 nitrogen and oxygen atoms in total. The Balaban J connectivity index is 1.96. The number of carboxylic acids is 1. The van der Waals surface area contributed by atoms with Crippen LogP contribution in [0.25, 0.3) is 22.4 Å². The number of hydrogen-bond acceptors (Lipinski definition) is 6. The molecule has 228 valence electrons. The molecule has 0 amide bonds. The van der Waals surface area contributed by atoms with Crippen molar-refractivity contribution < 1.29 is 37.3 Å². The molecule has 4 rings (SSSR count). The molecule has 2 atom stereocenters. The Morgan fingerprint density at radius 1 is 0.929 bits per heavy atom. The van der Waals surface area contributed by atoms with Gasteiger partial charge >= 0.3 is 5.97 Å². The quantitative estimate of drug-likeness (QED) is 0.262. The van der Waals surface area contributed by atoms with E-state index in [2.05, 4.69) is 0 Å². The second kappa shape index (κ2) is 13.7. The van der Waals surface area contributed by atoms with Crippen molar-refractivity contribution >= 4 is 27.8 Å². The number of sulfonamides is 1. The van der Waals surface area contributed by atoms with E-state index in [0.717, 1.165) is 0 Å². The number of aliphatic carboxylic acids is 1. The van der Waals surface area contributed by atoms with Crippen molar-refractivity contribution in [3.05, 3.63) is 65.9 Å². The normalized spacial score (nSPS) is 16.1. The van der Waals surface area contributed by atoms with Crippen molar-refractivity contribution in [2.75, 3.05) is 24.6 Å². The van der Waals surface area contributed by atoms with Gasteiger partial charge in [-0.25, -0.2) is 17.2 Å². The summed E-state index contributed by atoms with van der Waals surface area (Å²) in [5.74, 6) is -1.14. The van der Waals surface area contributed by atoms with E-state index in [1.54, 1.807) is 23.9 Å². The van der Waals surface area contributed by atoms with Crippen LogP contribution in [-0.4, -0.2) is 75.4 Å². The fourth-order valence-corrected chi connectivity index (χ4v) is 8.52. The highest BCUT2D eigenvalue weighted by molar-refractivity contribution is 7.99. The van der Waals surface area contributed by atoms with Crippen LogP contribution < -0.4 is 0 Å². The van der Waals surface area contributed by atoms with Crippen LogP contribution in [0, 0.1) is 11.6 Å². The molecule has 0 bridgehead atoms. The predicted molar refractivity (Wildman–Crippen MR) is 159 cm³/mol. The van der Waals surface area contributed by atoms with E-state index in [9.17, 15) is 32.2 Å². The second-order valence-electron chi connectivity index (χ2n) is 10.7. The summed E-state index contributed by atoms with van der Waals surface area (Å²) >= 11 is 1.68. The minimum Gasteiger partial charge on any atom is -0.481 e. The van der Waals surface area contributed by atoms with E-state index in [1.165, 1.54) is 40.7 Å². The minimum atomic E-state index is -4.05. The van der Waals surface area contributed by atoms with Gasteiger partial charge in [0.15, 0.2) is 0 Å². The topological polar surface area (TPSA) is 120 Å². The standard InChI is InChI=1S/C30H36F2N2O6S2/c1-19(2)28-30(42(39,40)33-13-15-41-16-14-33)27(20-3-7-22(31)8-4-20)29(21-5-9-23(32)10-6-21)34(28)12-11-24(35)17-25(36)18-26(37)38/h3-10,19,24-25,35-36H,11-18H2,1-2H3,(H,37,38). The van der Waals surface area contributed by atoms with Gasteiger partial charge in [0, 0.05) is 42.4 Å². The van der Waals surface area contributed by atoms with Crippen LogP contribution in [0.2, 0.25) is 0 Å². The van der Waals surface area contributed by atoms with Gasteiger partial charge in [0.25, 0.3) is 0 Å². The molecule has 2 heterocycles. The lowest BCUT2D eigenvalue weighted by molar-refractivity contribution is -0.139. The average molecular weight is 623 g/mol. The number of hydrogen-bond donors (Lipinski definition) is 3. The molecule has 1 fully saturated rings. The largest absolute Gasteiger partial charge is 0.481 e. The molecule has 42 heavy (non-hydrogen) atoms. The van der Waals surface area contributed by atoms with Crippen molar-refractivity contribution in [1.29, 1.82) is 0 Å². The molecule has 0 aliphatic carbocycles. The molecule has 1 aliphatic rings. The van der Waals surface area contributed by atoms with Crippen molar-refractivity contribution in [2.24, 2.45) is 0 Å². The van der Waals surface area contributed by atoms with Gasteiger partial charge in [-0.05, 0) is 66.3 Å². The second-order valence-corrected chi connectivity index (χ2v) is 13.8. The number of aromatic nitrogens is 1. The molecule has 0 spiro atoms. The molecule has 0 radical (unpaired) electrons. The number of nitrogens with zero attached hydrogens (tertiary/aromatic N) is 2. The lowest BCUT2D eigenvalue weighted by Gasteiger charge is -2.27. The van der Waals surface area contributed by atoms with Crippen LogP contribution in [0.3, 0.4) is 0 Å². The molecule has 1 aromatic heterocycles. The van der Waals surface area contributed by atoms with Crippen molar-refractivity contribution in [3.63, 3.8) is 0 Å². The van der Waals surface area contributed by atoms with Crippen LogP contribution >= 0.6 is 11.8 Å². The zero-order chi connectivity index (χ0) is 30.6. The highest BCUT2D eigenvalue weighted by atomic mass is 32.2. The summed E-state index contributed by atoms with van der Waals surface area (Å²) in [6, 6.07) is 11.2. The van der Waals surface area contributed by atoms with E-state index in [1.807, 2.05) is 18.4 Å². The number of carboxylic acid groups (broad SMARTS) is 1. The fourth-order valence-electron chi connectivity index (χ4n) is 5.38. The predicted octanol–water partition coefficient (Wildman–Crippen LogP) is 4.94. The van der Waals surface area contributed by atoms with Gasteiger partial charge in [-0.3, -0.25) is 4.79 Å². The first-order valence-electron chi connectivity index (χ1n) is 13.8. The maximum absolute atomic E-state index is 14.4. The third kappa shape index (κ3) is 7.23. The Morgan fingerprint density at radius 2 is 1.48 bits per heavy atom. The highest BCUT2D eigenvalue weighted by Crippen LogP contribution is 2.45. The molecule has 2 unspecified atom stereocenters. The summed E-state index contributed by atoms with van der Waals surface area (Å²) in [4.78, 5) is 11.1. The van der Waals surface area contributed by atoms with Gasteiger partial charge in [0.1, 0.15) is 16.5 Å². The average Bonchev–Trinajstić information content (AvgIpc) is 3.29. The zero-order valence-corrected chi connectivity index (χ0v) is 25.2. The number of benzene rings is 2. The Kier molecular flexibility index (Phi) is 10.5. The van der Waals surface area contributed by atoms with E-state index in [0.29, 0.717) is 52.7 Å². The summed E-state index contributed by atoms with van der Waals surface area (Å²) < 4.78 is 60.2. The number of aliphatic hydroxyl groups is 2. The Bertz CT molecular complexity index is 1490. The van der Waals surface area contributed by atoms with Crippen LogP contribution in [0.15, 0.2) is 53.4 Å². The zero-order valence-electron chi connectivity index (χ0n) is 23.5. The summed E-state index contributed by atoms with van der Waals surface area (Å²) in [5.41, 5.74) is 2.34. The van der Waals surface area contributed by atoms with Gasteiger partial charge in [-0.15, -0.1) is 0 Å². The molecule has 1 saturated heterocycles. The van der Waals surface area contributed by atoms with Crippen LogP contribution in [0.5, 0.6) is 0 Å². The van der Waals surface area contributed by atoms with Gasteiger partial charge in [0.2, 0.25) is 10.0 Å². The first kappa shape index (κ1) is 32.2. The summed E-state index contributed by atoms with van der Waals surface area (Å²) in [7, 11) is -4.05. The van der Waals surface area contributed by atoms with Crippen LogP contribution in [0.1, 0.15) is 44.7 Å². The first-order chi connectivity index (χ1) is 19.9. The maximum Gasteiger partial charge on any atom is 0.305 e. The minimum absolute atomic E-state index is 0.0853. The number of rotatable bonds is 12. The number of carbonyl (C=O) groups is 1. The lowest BCUT2D eigenvalue weighted by atomic mass is 10.00. The van der Waals surface area contributed by atoms with E-state index in [4.69, 9.17) is 5.11 Å². The third-order valence-electron chi connectivity index (χ3n) is 7.26. The molecule has 3 N–H and O–H groups in total. The molecule has 12 heteroatoms. The van der Waals surface area contributed by atoms with Gasteiger partial charge in [-0.1, -0.05) is 26.0 Å². The van der Waals surface area contributed by atoms with E-state index in [-0.39, 0.29) is 30.2 Å². The smallest absolute Gasteiger partial charge is 0.305 e.